The number of piperazine rings is 1. The van der Waals surface area contributed by atoms with E-state index in [-0.39, 0.29) is 29.6 Å². The van der Waals surface area contributed by atoms with E-state index in [1.54, 1.807) is 20.0 Å². The molecule has 1 fully saturated rings. The van der Waals surface area contributed by atoms with E-state index in [9.17, 15) is 13.2 Å². The summed E-state index contributed by atoms with van der Waals surface area (Å²) >= 11 is 0. The van der Waals surface area contributed by atoms with E-state index in [1.807, 2.05) is 0 Å². The Morgan fingerprint density at radius 2 is 2.05 bits per heavy atom. The topological polar surface area (TPSA) is 92.9 Å². The van der Waals surface area contributed by atoms with Gasteiger partial charge in [-0.2, -0.15) is 4.31 Å². The molecule has 21 heavy (non-hydrogen) atoms. The van der Waals surface area contributed by atoms with E-state index >= 15 is 0 Å². The highest BCUT2D eigenvalue weighted by atomic mass is 32.2. The first-order valence-electron chi connectivity index (χ1n) is 6.62. The first-order valence-corrected chi connectivity index (χ1v) is 8.06. The summed E-state index contributed by atoms with van der Waals surface area (Å²) < 4.78 is 31.9. The molecule has 1 heterocycles. The monoisotopic (exact) mass is 313 g/mol. The molecular formula is C13H19N3O4S. The smallest absolute Gasteiger partial charge is 0.247 e. The lowest BCUT2D eigenvalue weighted by atomic mass is 10.3. The number of nitrogen functional groups attached to an aromatic ring is 1. The molecule has 1 amide bonds. The largest absolute Gasteiger partial charge is 0.492 e. The number of nitrogens with two attached hydrogens (primary N) is 1. The number of carbonyl (C=O) groups is 1. The molecule has 0 radical (unpaired) electrons. The zero-order chi connectivity index (χ0) is 15.6. The van der Waals surface area contributed by atoms with Crippen LogP contribution >= 0.6 is 0 Å². The molecular weight excluding hydrogens is 294 g/mol. The first kappa shape index (κ1) is 15.6. The molecule has 0 unspecified atom stereocenters. The highest BCUT2D eigenvalue weighted by Gasteiger charge is 2.33. The van der Waals surface area contributed by atoms with Crippen LogP contribution in [0.15, 0.2) is 23.1 Å². The normalized spacial score (nSPS) is 17.0. The van der Waals surface area contributed by atoms with Crippen molar-refractivity contribution >= 4 is 21.6 Å². The van der Waals surface area contributed by atoms with Crippen LogP contribution in [0.2, 0.25) is 0 Å². The molecule has 7 nitrogen and oxygen atoms in total. The van der Waals surface area contributed by atoms with Gasteiger partial charge in [-0.1, -0.05) is 0 Å². The Bertz CT molecular complexity index is 645. The van der Waals surface area contributed by atoms with Crippen molar-refractivity contribution in [3.63, 3.8) is 0 Å². The van der Waals surface area contributed by atoms with Gasteiger partial charge in [-0.05, 0) is 25.1 Å². The molecule has 0 spiro atoms. The highest BCUT2D eigenvalue weighted by Crippen LogP contribution is 2.29. The molecule has 8 heteroatoms. The highest BCUT2D eigenvalue weighted by molar-refractivity contribution is 7.89. The van der Waals surface area contributed by atoms with Crippen molar-refractivity contribution in [3.8, 4) is 5.75 Å². The first-order chi connectivity index (χ1) is 9.86. The zero-order valence-corrected chi connectivity index (χ0v) is 12.9. The Morgan fingerprint density at radius 3 is 2.67 bits per heavy atom. The number of sulfonamides is 1. The van der Waals surface area contributed by atoms with Crippen LogP contribution < -0.4 is 10.5 Å². The lowest BCUT2D eigenvalue weighted by Gasteiger charge is -2.31. The van der Waals surface area contributed by atoms with Gasteiger partial charge in [-0.3, -0.25) is 4.79 Å². The molecule has 0 saturated carbocycles. The summed E-state index contributed by atoms with van der Waals surface area (Å²) in [5, 5.41) is 0. The molecule has 0 atom stereocenters. The average molecular weight is 313 g/mol. The minimum absolute atomic E-state index is 0.00158. The predicted octanol–water partition coefficient (Wildman–Crippen LogP) is 0.130. The van der Waals surface area contributed by atoms with Crippen LogP contribution in [0.5, 0.6) is 5.75 Å². The number of benzene rings is 1. The summed E-state index contributed by atoms with van der Waals surface area (Å²) in [7, 11) is -2.16. The maximum atomic E-state index is 12.7. The van der Waals surface area contributed by atoms with Gasteiger partial charge in [-0.25, -0.2) is 8.42 Å². The Hall–Kier alpha value is -1.80. The molecule has 0 aliphatic carbocycles. The van der Waals surface area contributed by atoms with Crippen LogP contribution in [-0.2, 0) is 14.8 Å². The molecule has 1 aromatic rings. The summed E-state index contributed by atoms with van der Waals surface area (Å²) in [6, 6.07) is 4.48. The van der Waals surface area contributed by atoms with Crippen molar-refractivity contribution in [3.05, 3.63) is 18.2 Å². The number of anilines is 1. The van der Waals surface area contributed by atoms with E-state index in [0.717, 1.165) is 4.31 Å². The number of amides is 1. The van der Waals surface area contributed by atoms with Crippen LogP contribution in [0.25, 0.3) is 0 Å². The predicted molar refractivity (Wildman–Crippen MR) is 78.4 cm³/mol. The molecule has 1 aliphatic rings. The fourth-order valence-corrected chi connectivity index (χ4v) is 3.63. The molecule has 0 bridgehead atoms. The summed E-state index contributed by atoms with van der Waals surface area (Å²) in [6.45, 7) is 2.56. The third-order valence-corrected chi connectivity index (χ3v) is 5.17. The van der Waals surface area contributed by atoms with Crippen molar-refractivity contribution in [2.75, 3.05) is 39.0 Å². The van der Waals surface area contributed by atoms with Gasteiger partial charge in [0.1, 0.15) is 10.6 Å². The van der Waals surface area contributed by atoms with Crippen LogP contribution in [0.3, 0.4) is 0 Å². The number of carbonyl (C=O) groups excluding carboxylic acids is 1. The van der Waals surface area contributed by atoms with Crippen LogP contribution in [0.1, 0.15) is 6.92 Å². The van der Waals surface area contributed by atoms with E-state index in [0.29, 0.717) is 18.8 Å². The molecule has 116 valence electrons. The third kappa shape index (κ3) is 3.11. The Morgan fingerprint density at radius 1 is 1.33 bits per heavy atom. The lowest BCUT2D eigenvalue weighted by Crippen LogP contribution is -2.50. The summed E-state index contributed by atoms with van der Waals surface area (Å²) in [4.78, 5) is 13.2. The van der Waals surface area contributed by atoms with Crippen molar-refractivity contribution in [1.29, 1.82) is 0 Å². The van der Waals surface area contributed by atoms with E-state index in [4.69, 9.17) is 10.5 Å². The standard InChI is InChI=1S/C13H19N3O4S/c1-3-20-11-5-4-10(14)8-12(11)21(18,19)16-7-6-15(2)13(17)9-16/h4-5,8H,3,6-7,9,14H2,1-2H3. The number of ether oxygens (including phenoxy) is 1. The van der Waals surface area contributed by atoms with Crippen molar-refractivity contribution in [2.24, 2.45) is 0 Å². The molecule has 0 aromatic heterocycles. The van der Waals surface area contributed by atoms with Gasteiger partial charge in [0.2, 0.25) is 15.9 Å². The number of likely N-dealkylation sites (N-methyl/N-ethyl adjacent to an activating group) is 1. The third-order valence-electron chi connectivity index (χ3n) is 3.31. The summed E-state index contributed by atoms with van der Waals surface area (Å²) in [5.74, 6) is 0.0183. The Labute approximate surface area is 124 Å². The van der Waals surface area contributed by atoms with Crippen LogP contribution in [0, 0.1) is 0 Å². The fraction of sp³-hybridized carbons (Fsp3) is 0.462. The van der Waals surface area contributed by atoms with Crippen molar-refractivity contribution < 1.29 is 17.9 Å². The Balaban J connectivity index is 2.39. The second kappa shape index (κ2) is 5.90. The number of nitrogens with zero attached hydrogens (tertiary/aromatic N) is 2. The van der Waals surface area contributed by atoms with Gasteiger partial charge in [-0.15, -0.1) is 0 Å². The van der Waals surface area contributed by atoms with E-state index in [2.05, 4.69) is 0 Å². The number of hydrogen-bond donors (Lipinski definition) is 1. The zero-order valence-electron chi connectivity index (χ0n) is 12.1. The molecule has 1 aliphatic heterocycles. The summed E-state index contributed by atoms with van der Waals surface area (Å²) in [5.41, 5.74) is 6.02. The minimum Gasteiger partial charge on any atom is -0.492 e. The fourth-order valence-electron chi connectivity index (χ4n) is 2.08. The van der Waals surface area contributed by atoms with Gasteiger partial charge in [0.05, 0.1) is 13.2 Å². The Kier molecular flexibility index (Phi) is 4.38. The lowest BCUT2D eigenvalue weighted by molar-refractivity contribution is -0.132. The van der Waals surface area contributed by atoms with Gasteiger partial charge in [0.25, 0.3) is 0 Å². The second-order valence-corrected chi connectivity index (χ2v) is 6.70. The molecule has 2 N–H and O–H groups in total. The van der Waals surface area contributed by atoms with Gasteiger partial charge < -0.3 is 15.4 Å². The van der Waals surface area contributed by atoms with Gasteiger partial charge >= 0.3 is 0 Å². The van der Waals surface area contributed by atoms with Gasteiger partial charge in [0, 0.05) is 25.8 Å². The molecule has 1 aromatic carbocycles. The van der Waals surface area contributed by atoms with Crippen LogP contribution in [-0.4, -0.2) is 56.8 Å². The van der Waals surface area contributed by atoms with Crippen molar-refractivity contribution in [1.82, 2.24) is 9.21 Å². The SMILES string of the molecule is CCOc1ccc(N)cc1S(=O)(=O)N1CCN(C)C(=O)C1. The van der Waals surface area contributed by atoms with Crippen molar-refractivity contribution in [2.45, 2.75) is 11.8 Å². The quantitative estimate of drug-likeness (QED) is 0.798. The van der Waals surface area contributed by atoms with E-state index < -0.39 is 10.0 Å². The van der Waals surface area contributed by atoms with Crippen LogP contribution in [0.4, 0.5) is 5.69 Å². The molecule has 2 rings (SSSR count). The van der Waals surface area contributed by atoms with Gasteiger partial charge in [0.15, 0.2) is 0 Å². The number of hydrogen-bond acceptors (Lipinski definition) is 5. The van der Waals surface area contributed by atoms with E-state index in [1.165, 1.54) is 17.0 Å². The maximum absolute atomic E-state index is 12.7. The number of rotatable bonds is 4. The second-order valence-electron chi connectivity index (χ2n) is 4.79. The molecule has 1 saturated heterocycles. The average Bonchev–Trinajstić information content (AvgIpc) is 2.44. The summed E-state index contributed by atoms with van der Waals surface area (Å²) in [6.07, 6.45) is 0. The maximum Gasteiger partial charge on any atom is 0.247 e. The minimum atomic E-state index is -3.81.